The van der Waals surface area contributed by atoms with Crippen molar-refractivity contribution in [1.29, 1.82) is 0 Å². The molecular formula is C33H33Cl2N5O3S. The summed E-state index contributed by atoms with van der Waals surface area (Å²) in [6, 6.07) is 22.9. The van der Waals surface area contributed by atoms with Gasteiger partial charge in [-0.05, 0) is 79.6 Å². The van der Waals surface area contributed by atoms with Crippen LogP contribution in [0.4, 0.5) is 11.4 Å². The lowest BCUT2D eigenvalue weighted by atomic mass is 10.0. The van der Waals surface area contributed by atoms with Crippen LogP contribution in [0.15, 0.2) is 84.0 Å². The van der Waals surface area contributed by atoms with Crippen LogP contribution in [0.2, 0.25) is 10.0 Å². The second kappa shape index (κ2) is 14.9. The van der Waals surface area contributed by atoms with E-state index in [0.717, 1.165) is 35.7 Å². The number of anilines is 2. The van der Waals surface area contributed by atoms with Crippen LogP contribution in [-0.4, -0.2) is 58.7 Å². The molecule has 0 bridgehead atoms. The number of aromatic nitrogens is 2. The number of hydrogen-bond acceptors (Lipinski definition) is 7. The Morgan fingerprint density at radius 1 is 0.909 bits per heavy atom. The van der Waals surface area contributed by atoms with Crippen molar-refractivity contribution in [2.75, 3.05) is 42.3 Å². The molecule has 1 atom stereocenters. The summed E-state index contributed by atoms with van der Waals surface area (Å²) in [6.45, 7) is 6.97. The SMILES string of the molecule is Cc1cc(C)nc(SCC(=O)N(Cc2ccc(Cl)cc2)C(C(=O)Nc2ccc(N3CCOCC3)cc2)c2ccc(Cl)cc2)n1. The summed E-state index contributed by atoms with van der Waals surface area (Å²) < 4.78 is 5.46. The van der Waals surface area contributed by atoms with Gasteiger partial charge in [-0.15, -0.1) is 0 Å². The Morgan fingerprint density at radius 2 is 1.50 bits per heavy atom. The summed E-state index contributed by atoms with van der Waals surface area (Å²) in [7, 11) is 0. The van der Waals surface area contributed by atoms with Crippen LogP contribution in [0.1, 0.15) is 28.6 Å². The van der Waals surface area contributed by atoms with E-state index in [9.17, 15) is 9.59 Å². The fraction of sp³-hybridized carbons (Fsp3) is 0.273. The third kappa shape index (κ3) is 8.51. The van der Waals surface area contributed by atoms with E-state index in [4.69, 9.17) is 27.9 Å². The van der Waals surface area contributed by atoms with Crippen molar-refractivity contribution < 1.29 is 14.3 Å². The molecule has 1 saturated heterocycles. The van der Waals surface area contributed by atoms with Gasteiger partial charge in [-0.3, -0.25) is 9.59 Å². The predicted molar refractivity (Wildman–Crippen MR) is 177 cm³/mol. The van der Waals surface area contributed by atoms with E-state index < -0.39 is 6.04 Å². The van der Waals surface area contributed by atoms with Gasteiger partial charge in [-0.2, -0.15) is 0 Å². The Labute approximate surface area is 271 Å². The first-order valence-corrected chi connectivity index (χ1v) is 16.0. The lowest BCUT2D eigenvalue weighted by Gasteiger charge is -2.32. The Morgan fingerprint density at radius 3 is 2.11 bits per heavy atom. The molecule has 44 heavy (non-hydrogen) atoms. The van der Waals surface area contributed by atoms with Crippen molar-refractivity contribution in [2.45, 2.75) is 31.6 Å². The summed E-state index contributed by atoms with van der Waals surface area (Å²) >= 11 is 13.6. The van der Waals surface area contributed by atoms with E-state index >= 15 is 0 Å². The first-order valence-electron chi connectivity index (χ1n) is 14.2. The molecule has 1 N–H and O–H groups in total. The van der Waals surface area contributed by atoms with E-state index in [1.54, 1.807) is 41.3 Å². The second-order valence-corrected chi connectivity index (χ2v) is 12.3. The molecule has 0 spiro atoms. The topological polar surface area (TPSA) is 87.7 Å². The van der Waals surface area contributed by atoms with E-state index in [1.807, 2.05) is 56.3 Å². The summed E-state index contributed by atoms with van der Waals surface area (Å²) in [5.74, 6) is -0.547. The Kier molecular flexibility index (Phi) is 10.8. The molecule has 228 valence electrons. The molecule has 2 heterocycles. The highest BCUT2D eigenvalue weighted by Crippen LogP contribution is 2.29. The summed E-state index contributed by atoms with van der Waals surface area (Å²) in [4.78, 5) is 40.9. The molecule has 8 nitrogen and oxygen atoms in total. The van der Waals surface area contributed by atoms with Crippen LogP contribution < -0.4 is 10.2 Å². The molecular weight excluding hydrogens is 617 g/mol. The number of nitrogens with one attached hydrogen (secondary N) is 1. The predicted octanol–water partition coefficient (Wildman–Crippen LogP) is 6.74. The molecule has 1 unspecified atom stereocenters. The zero-order chi connectivity index (χ0) is 31.1. The second-order valence-electron chi connectivity index (χ2n) is 10.5. The Hall–Kier alpha value is -3.63. The third-order valence-corrected chi connectivity index (χ3v) is 8.47. The Bertz CT molecular complexity index is 1560. The van der Waals surface area contributed by atoms with E-state index in [2.05, 4.69) is 20.2 Å². The van der Waals surface area contributed by atoms with Gasteiger partial charge in [0.25, 0.3) is 5.91 Å². The lowest BCUT2D eigenvalue weighted by molar-refractivity contribution is -0.137. The maximum Gasteiger partial charge on any atom is 0.251 e. The standard InChI is InChI=1S/C33H33Cl2N5O3S/c1-22-19-23(2)37-33(36-22)44-21-30(41)40(20-24-3-7-26(34)8-4-24)31(25-5-9-27(35)10-6-25)32(42)38-28-11-13-29(14-12-28)39-15-17-43-18-16-39/h3-14,19,31H,15-18,20-21H2,1-2H3,(H,38,42). The van der Waals surface area contributed by atoms with Gasteiger partial charge in [0.05, 0.1) is 19.0 Å². The van der Waals surface area contributed by atoms with Gasteiger partial charge in [-0.1, -0.05) is 59.2 Å². The summed E-state index contributed by atoms with van der Waals surface area (Å²) in [6.07, 6.45) is 0. The number of morpholine rings is 1. The maximum atomic E-state index is 14.1. The first-order chi connectivity index (χ1) is 21.2. The van der Waals surface area contributed by atoms with Crippen molar-refractivity contribution in [3.8, 4) is 0 Å². The van der Waals surface area contributed by atoms with Gasteiger partial charge < -0.3 is 19.9 Å². The van der Waals surface area contributed by atoms with Crippen LogP contribution in [-0.2, 0) is 20.9 Å². The fourth-order valence-corrected chi connectivity index (χ4v) is 6.07. The molecule has 1 fully saturated rings. The van der Waals surface area contributed by atoms with E-state index in [1.165, 1.54) is 11.8 Å². The van der Waals surface area contributed by atoms with Crippen LogP contribution in [0.5, 0.6) is 0 Å². The Balaban J connectivity index is 1.44. The van der Waals surface area contributed by atoms with Crippen LogP contribution in [0.25, 0.3) is 0 Å². The fourth-order valence-electron chi connectivity index (χ4n) is 4.98. The highest BCUT2D eigenvalue weighted by atomic mass is 35.5. The number of carbonyl (C=O) groups excluding carboxylic acids is 2. The highest BCUT2D eigenvalue weighted by molar-refractivity contribution is 7.99. The quantitative estimate of drug-likeness (QED) is 0.150. The summed E-state index contributed by atoms with van der Waals surface area (Å²) in [5, 5.41) is 4.67. The average molecular weight is 651 g/mol. The van der Waals surface area contributed by atoms with Crippen molar-refractivity contribution in [3.63, 3.8) is 0 Å². The van der Waals surface area contributed by atoms with Gasteiger partial charge in [0, 0.05) is 52.4 Å². The van der Waals surface area contributed by atoms with Gasteiger partial charge in [0.15, 0.2) is 5.16 Å². The minimum absolute atomic E-state index is 0.0437. The van der Waals surface area contributed by atoms with Crippen molar-refractivity contribution >= 4 is 58.2 Å². The molecule has 5 rings (SSSR count). The number of hydrogen-bond donors (Lipinski definition) is 1. The molecule has 3 aromatic carbocycles. The molecule has 2 amide bonds. The monoisotopic (exact) mass is 649 g/mol. The van der Waals surface area contributed by atoms with Crippen molar-refractivity contribution in [1.82, 2.24) is 14.9 Å². The minimum Gasteiger partial charge on any atom is -0.378 e. The normalized spacial score (nSPS) is 13.8. The number of benzene rings is 3. The minimum atomic E-state index is -0.949. The smallest absolute Gasteiger partial charge is 0.251 e. The number of amides is 2. The zero-order valence-electron chi connectivity index (χ0n) is 24.5. The first kappa shape index (κ1) is 31.8. The number of rotatable bonds is 10. The number of aryl methyl sites for hydroxylation is 2. The van der Waals surface area contributed by atoms with Crippen LogP contribution in [0.3, 0.4) is 0 Å². The highest BCUT2D eigenvalue weighted by Gasteiger charge is 2.32. The number of ether oxygens (including phenoxy) is 1. The number of nitrogens with zero attached hydrogens (tertiary/aromatic N) is 4. The molecule has 11 heteroatoms. The molecule has 1 aliphatic rings. The van der Waals surface area contributed by atoms with Crippen molar-refractivity contribution in [2.24, 2.45) is 0 Å². The molecule has 0 aliphatic carbocycles. The third-order valence-electron chi connectivity index (χ3n) is 7.13. The molecule has 1 aromatic heterocycles. The van der Waals surface area contributed by atoms with E-state index in [0.29, 0.717) is 39.7 Å². The van der Waals surface area contributed by atoms with Crippen molar-refractivity contribution in [3.05, 3.63) is 111 Å². The zero-order valence-corrected chi connectivity index (χ0v) is 26.8. The maximum absolute atomic E-state index is 14.1. The molecule has 1 aliphatic heterocycles. The van der Waals surface area contributed by atoms with Gasteiger partial charge in [0.2, 0.25) is 5.91 Å². The largest absolute Gasteiger partial charge is 0.378 e. The average Bonchev–Trinajstić information content (AvgIpc) is 3.02. The molecule has 0 saturated carbocycles. The lowest BCUT2D eigenvalue weighted by Crippen LogP contribution is -2.41. The summed E-state index contributed by atoms with van der Waals surface area (Å²) in [5.41, 5.74) is 4.80. The van der Waals surface area contributed by atoms with Gasteiger partial charge in [0.1, 0.15) is 6.04 Å². The number of carbonyl (C=O) groups is 2. The molecule has 4 aromatic rings. The van der Waals surface area contributed by atoms with Gasteiger partial charge in [-0.25, -0.2) is 9.97 Å². The molecule has 0 radical (unpaired) electrons. The van der Waals surface area contributed by atoms with Crippen LogP contribution in [0, 0.1) is 13.8 Å². The van der Waals surface area contributed by atoms with Gasteiger partial charge >= 0.3 is 0 Å². The number of thioether (sulfide) groups is 1. The van der Waals surface area contributed by atoms with E-state index in [-0.39, 0.29) is 24.1 Å². The number of halogens is 2. The van der Waals surface area contributed by atoms with Crippen LogP contribution >= 0.6 is 35.0 Å².